The minimum absolute atomic E-state index is 0.0424. The Kier molecular flexibility index (Phi) is 4.34. The predicted molar refractivity (Wildman–Crippen MR) is 131 cm³/mol. The third kappa shape index (κ3) is 2.35. The molecule has 3 saturated carbocycles. The summed E-state index contributed by atoms with van der Waals surface area (Å²) < 4.78 is 12.3. The second kappa shape index (κ2) is 6.66. The number of fused-ring (bicyclic) bond motifs is 7. The van der Waals surface area contributed by atoms with Crippen LogP contribution >= 0.6 is 0 Å². The van der Waals surface area contributed by atoms with Crippen molar-refractivity contribution in [3.8, 4) is 0 Å². The fourth-order valence-electron chi connectivity index (χ4n) is 11.0. The van der Waals surface area contributed by atoms with Crippen LogP contribution in [0.1, 0.15) is 67.2 Å². The number of hydrogen-bond acceptors (Lipinski definition) is 6. The number of allylic oxidation sites excluding steroid dienone is 2. The maximum atomic E-state index is 12.8. The Morgan fingerprint density at radius 1 is 0.889 bits per heavy atom. The summed E-state index contributed by atoms with van der Waals surface area (Å²) in [5.41, 5.74) is -0.637. The molecule has 36 heavy (non-hydrogen) atoms. The lowest BCUT2D eigenvalue weighted by Gasteiger charge is -2.51. The van der Waals surface area contributed by atoms with Gasteiger partial charge in [0.25, 0.3) is 0 Å². The van der Waals surface area contributed by atoms with Gasteiger partial charge in [0, 0.05) is 29.1 Å². The van der Waals surface area contributed by atoms with Gasteiger partial charge in [-0.25, -0.2) is 0 Å². The van der Waals surface area contributed by atoms with Crippen molar-refractivity contribution >= 4 is 11.9 Å². The van der Waals surface area contributed by atoms with Crippen molar-refractivity contribution < 1.29 is 29.3 Å². The van der Waals surface area contributed by atoms with Crippen LogP contribution in [0.25, 0.3) is 0 Å². The average molecular weight is 497 g/mol. The van der Waals surface area contributed by atoms with E-state index in [-0.39, 0.29) is 76.9 Å². The van der Waals surface area contributed by atoms with E-state index in [0.29, 0.717) is 12.8 Å². The normalized spacial score (nSPS) is 60.6. The molecule has 0 radical (unpaired) electrons. The summed E-state index contributed by atoms with van der Waals surface area (Å²) in [7, 11) is 0. The first-order valence-corrected chi connectivity index (χ1v) is 14.0. The van der Waals surface area contributed by atoms with Gasteiger partial charge in [0.2, 0.25) is 0 Å². The number of esters is 2. The van der Waals surface area contributed by atoms with Gasteiger partial charge in [0.1, 0.15) is 12.2 Å². The molecule has 6 nitrogen and oxygen atoms in total. The van der Waals surface area contributed by atoms with Crippen LogP contribution < -0.4 is 0 Å². The van der Waals surface area contributed by atoms with Gasteiger partial charge in [0.05, 0.1) is 23.0 Å². The SMILES string of the molecule is CC1=C2C3OC(=O)C(C)C3CCC(C)(O)C2C2C1C1(C)C=C[C@@]23C1C1OC(=O)C(C)C1CCC3(C)O. The molecular formula is C30H40O6. The molecular weight excluding hydrogens is 456 g/mol. The zero-order valence-corrected chi connectivity index (χ0v) is 22.3. The van der Waals surface area contributed by atoms with Crippen molar-refractivity contribution in [2.45, 2.75) is 90.6 Å². The number of carbonyl (C=O) groups is 2. The Morgan fingerprint density at radius 2 is 1.53 bits per heavy atom. The first-order chi connectivity index (χ1) is 16.8. The highest BCUT2D eigenvalue weighted by Crippen LogP contribution is 2.80. The minimum atomic E-state index is -1.01. The molecule has 2 aliphatic heterocycles. The van der Waals surface area contributed by atoms with E-state index in [0.717, 1.165) is 18.4 Å². The standard InChI is InChI=1S/C30H40O6/c1-13-16-7-9-28(5,33)20-18(22(16)35-25(13)31)15(3)19-21(20)30-12-11-27(19,4)24(30)23-17(8-10-29(30,6)34)14(2)26(32)36-23/h11-14,16-17,19-24,33-34H,7-10H2,1-6H3/t13?,14?,16?,17?,19?,20?,21?,22?,23?,24?,27?,28?,29?,30-/m0/s1. The number of carbonyl (C=O) groups excluding carboxylic acids is 2. The molecule has 5 fully saturated rings. The summed E-state index contributed by atoms with van der Waals surface area (Å²) in [6.45, 7) is 12.3. The number of ether oxygens (including phenoxy) is 2. The van der Waals surface area contributed by atoms with E-state index in [2.05, 4.69) is 26.0 Å². The van der Waals surface area contributed by atoms with Crippen LogP contribution in [-0.2, 0) is 19.1 Å². The van der Waals surface area contributed by atoms with Crippen LogP contribution in [0.3, 0.4) is 0 Å². The molecule has 2 saturated heterocycles. The number of hydrogen-bond donors (Lipinski definition) is 2. The zero-order valence-electron chi connectivity index (χ0n) is 22.3. The predicted octanol–water partition coefficient (Wildman–Crippen LogP) is 3.80. The molecule has 7 aliphatic rings. The maximum Gasteiger partial charge on any atom is 0.309 e. The molecule has 2 bridgehead atoms. The molecule has 5 aliphatic carbocycles. The van der Waals surface area contributed by atoms with Crippen LogP contribution in [0.4, 0.5) is 0 Å². The molecule has 6 heteroatoms. The summed E-state index contributed by atoms with van der Waals surface area (Å²) in [5.74, 6) is -0.663. The van der Waals surface area contributed by atoms with Crippen molar-refractivity contribution in [2.24, 2.45) is 58.2 Å². The lowest BCUT2D eigenvalue weighted by molar-refractivity contribution is -0.157. The zero-order chi connectivity index (χ0) is 25.7. The summed E-state index contributed by atoms with van der Waals surface area (Å²) in [6, 6.07) is 0. The highest BCUT2D eigenvalue weighted by molar-refractivity contribution is 5.76. The van der Waals surface area contributed by atoms with Crippen molar-refractivity contribution in [1.82, 2.24) is 0 Å². The summed E-state index contributed by atoms with van der Waals surface area (Å²) in [5, 5.41) is 24.5. The van der Waals surface area contributed by atoms with Crippen molar-refractivity contribution in [1.29, 1.82) is 0 Å². The fraction of sp³-hybridized carbons (Fsp3) is 0.800. The third-order valence-electron chi connectivity index (χ3n) is 12.6. The first-order valence-electron chi connectivity index (χ1n) is 14.0. The number of aliphatic hydroxyl groups is 2. The van der Waals surface area contributed by atoms with Crippen LogP contribution in [0.5, 0.6) is 0 Å². The van der Waals surface area contributed by atoms with E-state index in [1.54, 1.807) is 0 Å². The molecule has 7 rings (SSSR count). The van der Waals surface area contributed by atoms with Crippen LogP contribution in [-0.4, -0.2) is 45.6 Å². The van der Waals surface area contributed by atoms with E-state index in [1.165, 1.54) is 5.57 Å². The summed E-state index contributed by atoms with van der Waals surface area (Å²) in [6.07, 6.45) is 6.68. The summed E-state index contributed by atoms with van der Waals surface area (Å²) >= 11 is 0. The highest BCUT2D eigenvalue weighted by Gasteiger charge is 2.81. The average Bonchev–Trinajstić information content (AvgIpc) is 3.47. The maximum absolute atomic E-state index is 12.8. The monoisotopic (exact) mass is 496 g/mol. The van der Waals surface area contributed by atoms with Gasteiger partial charge in [-0.1, -0.05) is 38.5 Å². The Bertz CT molecular complexity index is 1130. The van der Waals surface area contributed by atoms with Gasteiger partial charge in [0.15, 0.2) is 0 Å². The second-order valence-electron chi connectivity index (χ2n) is 14.1. The van der Waals surface area contributed by atoms with Gasteiger partial charge in [-0.2, -0.15) is 0 Å². The van der Waals surface area contributed by atoms with Crippen LogP contribution in [0, 0.1) is 58.2 Å². The lowest BCUT2D eigenvalue weighted by Crippen LogP contribution is -2.56. The van der Waals surface area contributed by atoms with Crippen molar-refractivity contribution in [2.75, 3.05) is 0 Å². The topological polar surface area (TPSA) is 93.1 Å². The Labute approximate surface area is 213 Å². The molecule has 2 heterocycles. The first kappa shape index (κ1) is 23.5. The number of rotatable bonds is 0. The van der Waals surface area contributed by atoms with E-state index in [9.17, 15) is 19.8 Å². The van der Waals surface area contributed by atoms with Crippen molar-refractivity contribution in [3.05, 3.63) is 23.3 Å². The quantitative estimate of drug-likeness (QED) is 0.391. The smallest absolute Gasteiger partial charge is 0.309 e. The van der Waals surface area contributed by atoms with Crippen LogP contribution in [0.15, 0.2) is 23.3 Å². The Balaban J connectivity index is 1.46. The van der Waals surface area contributed by atoms with Gasteiger partial charge in [-0.05, 0) is 69.3 Å². The molecule has 0 amide bonds. The van der Waals surface area contributed by atoms with Crippen molar-refractivity contribution in [3.63, 3.8) is 0 Å². The third-order valence-corrected chi connectivity index (χ3v) is 12.6. The van der Waals surface area contributed by atoms with Gasteiger partial charge in [-0.3, -0.25) is 9.59 Å². The Morgan fingerprint density at radius 3 is 2.25 bits per heavy atom. The Hall–Kier alpha value is -1.66. The molecule has 13 unspecified atom stereocenters. The molecule has 0 aromatic carbocycles. The van der Waals surface area contributed by atoms with Crippen LogP contribution in [0.2, 0.25) is 0 Å². The van der Waals surface area contributed by atoms with Gasteiger partial charge < -0.3 is 19.7 Å². The molecule has 0 spiro atoms. The van der Waals surface area contributed by atoms with E-state index in [4.69, 9.17) is 9.47 Å². The lowest BCUT2D eigenvalue weighted by atomic mass is 9.55. The largest absolute Gasteiger partial charge is 0.461 e. The van der Waals surface area contributed by atoms with E-state index in [1.807, 2.05) is 27.7 Å². The fourth-order valence-corrected chi connectivity index (χ4v) is 11.0. The van der Waals surface area contributed by atoms with Gasteiger partial charge in [-0.15, -0.1) is 0 Å². The molecule has 2 N–H and O–H groups in total. The molecule has 196 valence electrons. The van der Waals surface area contributed by atoms with Gasteiger partial charge >= 0.3 is 11.9 Å². The molecule has 0 aromatic rings. The van der Waals surface area contributed by atoms with E-state index >= 15 is 0 Å². The molecule has 0 aromatic heterocycles. The van der Waals surface area contributed by atoms with E-state index < -0.39 is 16.6 Å². The second-order valence-corrected chi connectivity index (χ2v) is 14.1. The highest BCUT2D eigenvalue weighted by atomic mass is 16.6. The minimum Gasteiger partial charge on any atom is -0.461 e. The molecule has 14 atom stereocenters. The summed E-state index contributed by atoms with van der Waals surface area (Å²) in [4.78, 5) is 25.5.